The summed E-state index contributed by atoms with van der Waals surface area (Å²) in [5.41, 5.74) is 15.3. The molecule has 7 heterocycles. The number of imidazole rings is 2. The molecule has 1 saturated heterocycles. The number of hydrogen-bond acceptors (Lipinski definition) is 8. The van der Waals surface area contributed by atoms with E-state index in [1.807, 2.05) is 43.4 Å². The average molecular weight is 1000 g/mol. The lowest BCUT2D eigenvalue weighted by atomic mass is 9.89. The van der Waals surface area contributed by atoms with Gasteiger partial charge < -0.3 is 45.2 Å². The zero-order chi connectivity index (χ0) is 51.7. The molecule has 0 radical (unpaired) electrons. The first-order valence-electron chi connectivity index (χ1n) is 25.9. The molecule has 0 aliphatic carbocycles. The molecule has 0 saturated carbocycles. The van der Waals surface area contributed by atoms with Crippen LogP contribution in [-0.2, 0) is 32.6 Å². The van der Waals surface area contributed by atoms with E-state index in [0.29, 0.717) is 47.8 Å². The Morgan fingerprint density at radius 1 is 0.640 bits per heavy atom. The molecule has 14 nitrogen and oxygen atoms in total. The summed E-state index contributed by atoms with van der Waals surface area (Å²) in [6.07, 6.45) is 3.18. The van der Waals surface area contributed by atoms with Crippen molar-refractivity contribution in [3.8, 4) is 34.0 Å². The Hall–Kier alpha value is -7.98. The summed E-state index contributed by atoms with van der Waals surface area (Å²) in [7, 11) is 8.24. The Morgan fingerprint density at radius 2 is 1.17 bits per heavy atom. The molecule has 4 aliphatic heterocycles. The number of piperidine rings is 1. The molecular formula is C60H62FN11O3. The Kier molecular flexibility index (Phi) is 13.9. The minimum absolute atomic E-state index is 0.0107. The van der Waals surface area contributed by atoms with Gasteiger partial charge in [-0.1, -0.05) is 84.9 Å². The standard InChI is InChI=1S/C22H24N4O.C19H18FN3O.C19H20N4O/c1-25-12-9-16(10-13-25)15-5-7-17(8-6-15)21-24-19-4-2-3-18-20(19)26(21)14-11-23-22(18)27;1-21-10-11-2-4-12(5-3-11)18-14-6-7-22-19(24)15-8-13(20)9-16(23-18)17(14)15;1-22(2)12-13-6-8-14(9-7-13)18-21-16-5-3-4-15-17(16)23(18)11-10-20-19(15)24/h2-8,16H,9-14H2,1H3,(H,23,27);2-5,8-9,21,23H,6-7,10H2,1H3,(H,22,24);3-9H,10-12H2,1-2H3,(H,20,24). The van der Waals surface area contributed by atoms with Crippen LogP contribution in [0.2, 0.25) is 0 Å². The third-order valence-corrected chi connectivity index (χ3v) is 14.8. The second-order valence-electron chi connectivity index (χ2n) is 20.3. The molecule has 0 spiro atoms. The summed E-state index contributed by atoms with van der Waals surface area (Å²) in [6, 6.07) is 40.0. The van der Waals surface area contributed by atoms with Gasteiger partial charge in [0.15, 0.2) is 0 Å². The van der Waals surface area contributed by atoms with Gasteiger partial charge in [-0.15, -0.1) is 0 Å². The highest BCUT2D eigenvalue weighted by Gasteiger charge is 2.26. The molecule has 13 rings (SSSR count). The van der Waals surface area contributed by atoms with Crippen LogP contribution < -0.4 is 21.3 Å². The fraction of sp³-hybridized carbons (Fsp3) is 0.283. The minimum atomic E-state index is -0.404. The maximum absolute atomic E-state index is 13.9. The predicted octanol–water partition coefficient (Wildman–Crippen LogP) is 8.74. The van der Waals surface area contributed by atoms with E-state index in [9.17, 15) is 18.8 Å². The quantitative estimate of drug-likeness (QED) is 0.101. The van der Waals surface area contributed by atoms with Gasteiger partial charge in [0.1, 0.15) is 17.5 Å². The monoisotopic (exact) mass is 1000 g/mol. The van der Waals surface area contributed by atoms with E-state index in [0.717, 1.165) is 99.6 Å². The largest absolute Gasteiger partial charge is 0.354 e. The van der Waals surface area contributed by atoms with Crippen molar-refractivity contribution in [1.82, 2.24) is 55.2 Å². The Bertz CT molecular complexity index is 3590. The molecule has 3 aromatic heterocycles. The first-order chi connectivity index (χ1) is 36.5. The molecule has 15 heteroatoms. The number of H-pyrrole nitrogens is 1. The average Bonchev–Trinajstić information content (AvgIpc) is 3.99. The lowest BCUT2D eigenvalue weighted by Crippen LogP contribution is -2.29. The molecule has 382 valence electrons. The van der Waals surface area contributed by atoms with Crippen molar-refractivity contribution in [3.63, 3.8) is 0 Å². The van der Waals surface area contributed by atoms with Crippen molar-refractivity contribution in [3.05, 3.63) is 166 Å². The maximum atomic E-state index is 13.9. The summed E-state index contributed by atoms with van der Waals surface area (Å²) in [5.74, 6) is 1.88. The van der Waals surface area contributed by atoms with Gasteiger partial charge >= 0.3 is 0 Å². The van der Waals surface area contributed by atoms with E-state index in [1.54, 1.807) is 0 Å². The second kappa shape index (κ2) is 21.1. The SMILES string of the molecule is CN(C)Cc1ccc(-c2nc3cccc4c3n2CCNC4=O)cc1.CN1CCC(c2ccc(-c3nc4cccc5c4n3CCNC5=O)cc2)CC1.CNCc1ccc(-c2[nH]c3cc(F)cc4c3c2CCNC4=O)cc1. The molecule has 5 N–H and O–H groups in total. The van der Waals surface area contributed by atoms with Gasteiger partial charge in [-0.2, -0.15) is 0 Å². The smallest absolute Gasteiger partial charge is 0.253 e. The van der Waals surface area contributed by atoms with Gasteiger partial charge in [0.2, 0.25) is 0 Å². The number of benzene rings is 6. The highest BCUT2D eigenvalue weighted by atomic mass is 19.1. The van der Waals surface area contributed by atoms with Crippen LogP contribution in [0.5, 0.6) is 0 Å². The zero-order valence-electron chi connectivity index (χ0n) is 42.9. The molecular weight excluding hydrogens is 942 g/mol. The molecule has 9 aromatic rings. The van der Waals surface area contributed by atoms with Crippen molar-refractivity contribution in [2.75, 3.05) is 60.9 Å². The number of aromatic amines is 1. The fourth-order valence-corrected chi connectivity index (χ4v) is 11.2. The van der Waals surface area contributed by atoms with Gasteiger partial charge in [0.25, 0.3) is 17.7 Å². The Morgan fingerprint density at radius 3 is 1.75 bits per heavy atom. The van der Waals surface area contributed by atoms with Crippen LogP contribution in [0.4, 0.5) is 4.39 Å². The van der Waals surface area contributed by atoms with Crippen molar-refractivity contribution in [2.24, 2.45) is 0 Å². The van der Waals surface area contributed by atoms with Crippen molar-refractivity contribution in [2.45, 2.75) is 51.4 Å². The number of carbonyl (C=O) groups excluding carboxylic acids is 3. The molecule has 0 atom stereocenters. The van der Waals surface area contributed by atoms with Gasteiger partial charge in [0.05, 0.1) is 38.8 Å². The Balaban J connectivity index is 0.000000121. The van der Waals surface area contributed by atoms with Gasteiger partial charge in [-0.25, -0.2) is 14.4 Å². The fourth-order valence-electron chi connectivity index (χ4n) is 11.2. The number of rotatable bonds is 8. The van der Waals surface area contributed by atoms with E-state index >= 15 is 0 Å². The van der Waals surface area contributed by atoms with E-state index < -0.39 is 5.82 Å². The first-order valence-corrected chi connectivity index (χ1v) is 25.9. The number of halogens is 1. The normalized spacial score (nSPS) is 15.6. The predicted molar refractivity (Wildman–Crippen MR) is 294 cm³/mol. The Labute approximate surface area is 435 Å². The molecule has 1 fully saturated rings. The molecule has 6 aromatic carbocycles. The molecule has 3 amide bonds. The highest BCUT2D eigenvalue weighted by molar-refractivity contribution is 6.10. The maximum Gasteiger partial charge on any atom is 0.253 e. The van der Waals surface area contributed by atoms with Crippen molar-refractivity contribution >= 4 is 50.7 Å². The van der Waals surface area contributed by atoms with Crippen molar-refractivity contribution in [1.29, 1.82) is 0 Å². The van der Waals surface area contributed by atoms with Crippen LogP contribution >= 0.6 is 0 Å². The number of likely N-dealkylation sites (tertiary alicyclic amines) is 1. The number of amides is 3. The zero-order valence-corrected chi connectivity index (χ0v) is 42.9. The van der Waals surface area contributed by atoms with E-state index in [4.69, 9.17) is 9.97 Å². The van der Waals surface area contributed by atoms with Crippen LogP contribution in [0.1, 0.15) is 72.1 Å². The summed E-state index contributed by atoms with van der Waals surface area (Å²) < 4.78 is 18.2. The number of nitrogens with zero attached hydrogens (tertiary/aromatic N) is 6. The lowest BCUT2D eigenvalue weighted by Gasteiger charge is -2.29. The number of carbonyl (C=O) groups is 3. The number of nitrogens with one attached hydrogen (secondary N) is 5. The third kappa shape index (κ3) is 9.94. The number of para-hydroxylation sites is 2. The second-order valence-corrected chi connectivity index (χ2v) is 20.3. The highest BCUT2D eigenvalue weighted by Crippen LogP contribution is 2.36. The molecule has 0 bridgehead atoms. The number of aromatic nitrogens is 5. The van der Waals surface area contributed by atoms with Crippen LogP contribution in [0, 0.1) is 5.82 Å². The molecule has 4 aliphatic rings. The van der Waals surface area contributed by atoms with Gasteiger partial charge in [-0.05, 0) is 131 Å². The molecule has 75 heavy (non-hydrogen) atoms. The van der Waals surface area contributed by atoms with E-state index in [1.165, 1.54) is 54.8 Å². The van der Waals surface area contributed by atoms with E-state index in [-0.39, 0.29) is 17.7 Å². The van der Waals surface area contributed by atoms with Crippen LogP contribution in [0.25, 0.3) is 67.0 Å². The minimum Gasteiger partial charge on any atom is -0.354 e. The lowest BCUT2D eigenvalue weighted by molar-refractivity contribution is 0.0948. The van der Waals surface area contributed by atoms with Gasteiger partial charge in [-0.3, -0.25) is 14.4 Å². The van der Waals surface area contributed by atoms with E-state index in [2.05, 4.69) is 139 Å². The topological polar surface area (TPSA) is 157 Å². The van der Waals surface area contributed by atoms with Crippen LogP contribution in [0.3, 0.4) is 0 Å². The third-order valence-electron chi connectivity index (χ3n) is 14.8. The summed E-state index contributed by atoms with van der Waals surface area (Å²) in [6.45, 7) is 7.33. The summed E-state index contributed by atoms with van der Waals surface area (Å²) >= 11 is 0. The molecule has 0 unspecified atom stereocenters. The number of hydrogen-bond donors (Lipinski definition) is 5. The van der Waals surface area contributed by atoms with Crippen LogP contribution in [-0.4, -0.2) is 113 Å². The summed E-state index contributed by atoms with van der Waals surface area (Å²) in [5, 5.41) is 12.7. The van der Waals surface area contributed by atoms with Crippen LogP contribution in [0.15, 0.2) is 121 Å². The first kappa shape index (κ1) is 49.2. The van der Waals surface area contributed by atoms with Gasteiger partial charge in [0, 0.05) is 73.5 Å². The van der Waals surface area contributed by atoms with Crippen molar-refractivity contribution < 1.29 is 18.8 Å². The summed E-state index contributed by atoms with van der Waals surface area (Å²) in [4.78, 5) is 54.3.